The van der Waals surface area contributed by atoms with E-state index in [9.17, 15) is 17.6 Å². The number of halogens is 7. The minimum Gasteiger partial charge on any atom is -0.493 e. The Morgan fingerprint density at radius 1 is 1.10 bits per heavy atom. The zero-order valence-corrected chi connectivity index (χ0v) is 25.5. The first-order chi connectivity index (χ1) is 24.7. The molecule has 2 aromatic carbocycles. The average molecular weight is 694 g/mol. The number of hydrogen-bond donors (Lipinski definition) is 1. The first-order valence-corrected chi connectivity index (χ1v) is 15.5. The fourth-order valence-electron chi connectivity index (χ4n) is 7.63. The Morgan fingerprint density at radius 2 is 1.94 bits per heavy atom. The van der Waals surface area contributed by atoms with E-state index in [2.05, 4.69) is 15.0 Å². The molecule has 49 heavy (non-hydrogen) atoms. The van der Waals surface area contributed by atoms with Crippen molar-refractivity contribution in [3.05, 3.63) is 53.3 Å². The molecule has 9 nitrogen and oxygen atoms in total. The molecule has 1 aliphatic carbocycles. The standard InChI is InChI=1S/C33H29F7N6O3/c1-47-29-20-16(21(34)23(36)24(29)37)7-15(41)8-17(20)26-25(38)27-18(10-42-26)31(46-5-6-48-12-19-22(35)28(19)46)44-32(43-27)49-13-33-3-2-4-45(33)11-14(9-33)30(39)40/h7-8,10,19,22,28H,2-6,9,11-13,41H2,1H3/t19-,22-,28-,33-/m0/s1/i1D3. The molecule has 0 bridgehead atoms. The lowest BCUT2D eigenvalue weighted by Crippen LogP contribution is -2.43. The van der Waals surface area contributed by atoms with E-state index in [1.165, 1.54) is 0 Å². The molecule has 258 valence electrons. The van der Waals surface area contributed by atoms with Crippen molar-refractivity contribution >= 4 is 33.2 Å². The molecule has 0 unspecified atom stereocenters. The fourth-order valence-corrected chi connectivity index (χ4v) is 7.63. The van der Waals surface area contributed by atoms with Gasteiger partial charge in [0.05, 0.1) is 41.3 Å². The van der Waals surface area contributed by atoms with E-state index in [1.807, 2.05) is 4.90 Å². The highest BCUT2D eigenvalue weighted by atomic mass is 19.3. The smallest absolute Gasteiger partial charge is 0.319 e. The van der Waals surface area contributed by atoms with Crippen LogP contribution in [0.2, 0.25) is 0 Å². The molecule has 3 aliphatic heterocycles. The van der Waals surface area contributed by atoms with E-state index in [0.717, 1.165) is 24.8 Å². The molecule has 1 saturated carbocycles. The van der Waals surface area contributed by atoms with Gasteiger partial charge in [0, 0.05) is 52.8 Å². The van der Waals surface area contributed by atoms with E-state index in [-0.39, 0.29) is 67.8 Å². The summed E-state index contributed by atoms with van der Waals surface area (Å²) in [6.45, 7) is 0.997. The Labute approximate surface area is 278 Å². The van der Waals surface area contributed by atoms with Crippen LogP contribution in [0, 0.1) is 29.2 Å². The van der Waals surface area contributed by atoms with Crippen LogP contribution in [0.25, 0.3) is 32.9 Å². The number of benzene rings is 2. The van der Waals surface area contributed by atoms with Gasteiger partial charge in [-0.3, -0.25) is 9.88 Å². The summed E-state index contributed by atoms with van der Waals surface area (Å²) in [6.07, 6.45) is -0.565. The van der Waals surface area contributed by atoms with Gasteiger partial charge >= 0.3 is 6.01 Å². The van der Waals surface area contributed by atoms with Crippen LogP contribution in [0.5, 0.6) is 11.8 Å². The number of methoxy groups -OCH3 is 1. The molecular weight excluding hydrogens is 661 g/mol. The van der Waals surface area contributed by atoms with Crippen LogP contribution < -0.4 is 20.1 Å². The second kappa shape index (κ2) is 11.6. The third-order valence-electron chi connectivity index (χ3n) is 10.1. The average Bonchev–Trinajstić information content (AvgIpc) is 3.43. The summed E-state index contributed by atoms with van der Waals surface area (Å²) < 4.78 is 143. The normalized spacial score (nSPS) is 26.3. The number of nitrogen functional groups attached to an aromatic ring is 1. The number of hydrogen-bond acceptors (Lipinski definition) is 9. The molecule has 4 aromatic rings. The van der Waals surface area contributed by atoms with E-state index in [1.54, 1.807) is 4.90 Å². The second-order valence-electron chi connectivity index (χ2n) is 12.8. The maximum atomic E-state index is 17.0. The zero-order chi connectivity index (χ0) is 36.9. The molecule has 0 radical (unpaired) electrons. The summed E-state index contributed by atoms with van der Waals surface area (Å²) in [5.41, 5.74) is 3.44. The third kappa shape index (κ3) is 4.93. The van der Waals surface area contributed by atoms with Crippen LogP contribution >= 0.6 is 0 Å². The highest BCUT2D eigenvalue weighted by Crippen LogP contribution is 2.47. The van der Waals surface area contributed by atoms with Crippen LogP contribution in [-0.4, -0.2) is 84.1 Å². The maximum absolute atomic E-state index is 17.0. The number of aromatic nitrogens is 3. The summed E-state index contributed by atoms with van der Waals surface area (Å²) in [7, 11) is -3.34. The third-order valence-corrected chi connectivity index (χ3v) is 10.1. The first kappa shape index (κ1) is 28.4. The molecule has 0 spiro atoms. The van der Waals surface area contributed by atoms with Crippen molar-refractivity contribution in [1.82, 2.24) is 19.9 Å². The minimum absolute atomic E-state index is 0.00447. The van der Waals surface area contributed by atoms with Crippen molar-refractivity contribution in [3.8, 4) is 23.0 Å². The second-order valence-corrected chi connectivity index (χ2v) is 12.8. The van der Waals surface area contributed by atoms with E-state index in [4.69, 9.17) is 24.1 Å². The molecule has 0 amide bonds. The molecule has 4 atom stereocenters. The summed E-state index contributed by atoms with van der Waals surface area (Å²) in [4.78, 5) is 16.6. The molecule has 8 rings (SSSR count). The van der Waals surface area contributed by atoms with Crippen LogP contribution in [-0.2, 0) is 4.74 Å². The lowest BCUT2D eigenvalue weighted by molar-refractivity contribution is 0.108. The van der Waals surface area contributed by atoms with Gasteiger partial charge in [0.15, 0.2) is 23.2 Å². The Kier molecular flexibility index (Phi) is 6.71. The van der Waals surface area contributed by atoms with Gasteiger partial charge < -0.3 is 24.8 Å². The summed E-state index contributed by atoms with van der Waals surface area (Å²) in [5, 5.41) is -1.39. The van der Waals surface area contributed by atoms with E-state index >= 15 is 13.2 Å². The summed E-state index contributed by atoms with van der Waals surface area (Å²) in [5.74, 6) is -8.63. The van der Waals surface area contributed by atoms with Gasteiger partial charge in [0.2, 0.25) is 5.82 Å². The molecule has 5 heterocycles. The fraction of sp³-hybridized carbons (Fsp3) is 0.424. The topological polar surface area (TPSA) is 98.9 Å². The summed E-state index contributed by atoms with van der Waals surface area (Å²) in [6, 6.07) is 0.922. The Bertz CT molecular complexity index is 2170. The Hall–Kier alpha value is -4.44. The van der Waals surface area contributed by atoms with Gasteiger partial charge in [-0.2, -0.15) is 23.1 Å². The van der Waals surface area contributed by atoms with E-state index < -0.39 is 93.4 Å². The highest BCUT2D eigenvalue weighted by molar-refractivity contribution is 6.04. The number of alkyl halides is 1. The van der Waals surface area contributed by atoms with Crippen LogP contribution in [0.4, 0.5) is 42.2 Å². The Balaban J connectivity index is 1.30. The minimum atomic E-state index is -3.34. The lowest BCUT2D eigenvalue weighted by Gasteiger charge is -2.31. The van der Waals surface area contributed by atoms with Crippen molar-refractivity contribution < 1.29 is 49.1 Å². The van der Waals surface area contributed by atoms with Gasteiger partial charge in [0.1, 0.15) is 29.8 Å². The van der Waals surface area contributed by atoms with Gasteiger partial charge in [-0.1, -0.05) is 0 Å². The van der Waals surface area contributed by atoms with Crippen LogP contribution in [0.3, 0.4) is 0 Å². The van der Waals surface area contributed by atoms with Crippen molar-refractivity contribution in [3.63, 3.8) is 0 Å². The van der Waals surface area contributed by atoms with Crippen molar-refractivity contribution in [2.45, 2.75) is 37.0 Å². The molecule has 4 aliphatic rings. The van der Waals surface area contributed by atoms with Crippen molar-refractivity contribution in [2.24, 2.45) is 5.92 Å². The Morgan fingerprint density at radius 3 is 2.73 bits per heavy atom. The number of nitrogens with zero attached hydrogens (tertiary/aromatic N) is 5. The molecule has 4 fully saturated rings. The SMILES string of the molecule is [2H]C([2H])([2H])Oc1c(F)c(F)c(F)c2cc(N)cc(-c3ncc4c(N5CCOC[C@H]6[C@H](F)[C@H]65)nc(OC[C@@]56CCCN5CC(=C(F)F)C6)nc4c3F)c12. The maximum Gasteiger partial charge on any atom is 0.319 e. The van der Waals surface area contributed by atoms with Gasteiger partial charge in [-0.15, -0.1) is 0 Å². The largest absolute Gasteiger partial charge is 0.493 e. The van der Waals surface area contributed by atoms with Crippen molar-refractivity contribution in [1.29, 1.82) is 0 Å². The molecule has 2 N–H and O–H groups in total. The molecule has 16 heteroatoms. The van der Waals surface area contributed by atoms with Crippen molar-refractivity contribution in [2.75, 3.05) is 57.1 Å². The lowest BCUT2D eigenvalue weighted by atomic mass is 9.94. The molecule has 2 aromatic heterocycles. The van der Waals surface area contributed by atoms with Crippen LogP contribution in [0.1, 0.15) is 23.4 Å². The van der Waals surface area contributed by atoms with Gasteiger partial charge in [0.25, 0.3) is 6.08 Å². The predicted molar refractivity (Wildman–Crippen MR) is 164 cm³/mol. The number of ether oxygens (including phenoxy) is 3. The van der Waals surface area contributed by atoms with Crippen LogP contribution in [0.15, 0.2) is 30.0 Å². The van der Waals surface area contributed by atoms with E-state index in [0.29, 0.717) is 13.0 Å². The highest BCUT2D eigenvalue weighted by Gasteiger charge is 2.56. The van der Waals surface area contributed by atoms with Gasteiger partial charge in [-0.05, 0) is 37.9 Å². The first-order valence-electron chi connectivity index (χ1n) is 17.0. The number of fused-ring (bicyclic) bond motifs is 4. The number of pyridine rings is 1. The molecular formula is C33H29F7N6O3. The quantitative estimate of drug-likeness (QED) is 0.150. The number of nitrogens with two attached hydrogens (primary N) is 1. The monoisotopic (exact) mass is 693 g/mol. The summed E-state index contributed by atoms with van der Waals surface area (Å²) >= 11 is 0. The van der Waals surface area contributed by atoms with Gasteiger partial charge in [-0.25, -0.2) is 17.6 Å². The molecule has 3 saturated heterocycles. The zero-order valence-electron chi connectivity index (χ0n) is 28.5. The number of anilines is 2. The predicted octanol–water partition coefficient (Wildman–Crippen LogP) is 5.93. The number of rotatable bonds is 6.